The number of ether oxygens (including phenoxy) is 1. The highest BCUT2D eigenvalue weighted by Gasteiger charge is 2.16. The van der Waals surface area contributed by atoms with Gasteiger partial charge in [-0.25, -0.2) is 9.67 Å². The van der Waals surface area contributed by atoms with E-state index in [1.54, 1.807) is 31.0 Å². The van der Waals surface area contributed by atoms with E-state index in [9.17, 15) is 9.90 Å². The molecule has 2 rings (SSSR count). The van der Waals surface area contributed by atoms with Crippen LogP contribution in [-0.4, -0.2) is 43.9 Å². The molecule has 0 aliphatic carbocycles. The van der Waals surface area contributed by atoms with Crippen LogP contribution in [0.4, 0.5) is 5.82 Å². The third kappa shape index (κ3) is 3.62. The lowest BCUT2D eigenvalue weighted by Crippen LogP contribution is -2.23. The largest absolute Gasteiger partial charge is 0.494 e. The average molecular weight is 351 g/mol. The molecule has 0 fully saturated rings. The normalized spacial score (nSPS) is 12.1. The van der Waals surface area contributed by atoms with Crippen molar-refractivity contribution in [1.29, 1.82) is 0 Å². The van der Waals surface area contributed by atoms with Crippen LogP contribution < -0.4 is 5.56 Å². The molecular formula is C15H21N5O3S. The number of aromatic amines is 1. The van der Waals surface area contributed by atoms with Gasteiger partial charge in [-0.15, -0.1) is 0 Å². The summed E-state index contributed by atoms with van der Waals surface area (Å²) in [6.45, 7) is 6.30. The summed E-state index contributed by atoms with van der Waals surface area (Å²) >= 11 is 5.10. The summed E-state index contributed by atoms with van der Waals surface area (Å²) < 4.78 is 8.28. The van der Waals surface area contributed by atoms with Gasteiger partial charge in [-0.05, 0) is 33.0 Å². The van der Waals surface area contributed by atoms with Crippen LogP contribution in [0, 0.1) is 4.77 Å². The number of hydrogen-bond acceptors (Lipinski definition) is 6. The van der Waals surface area contributed by atoms with E-state index in [0.29, 0.717) is 24.7 Å². The van der Waals surface area contributed by atoms with Gasteiger partial charge in [0.25, 0.3) is 5.56 Å². The van der Waals surface area contributed by atoms with Crippen molar-refractivity contribution in [2.45, 2.75) is 33.4 Å². The molecule has 0 amide bonds. The van der Waals surface area contributed by atoms with Gasteiger partial charge in [-0.1, -0.05) is 0 Å². The van der Waals surface area contributed by atoms with Crippen LogP contribution in [0.5, 0.6) is 5.88 Å². The molecule has 2 heterocycles. The SMILES string of the molecule is COCCn1c(O)c(/C(C)=N/c2ccnn2C(C)C)c(=O)[nH]c1=S. The van der Waals surface area contributed by atoms with Crippen molar-refractivity contribution in [3.8, 4) is 5.88 Å². The Bertz CT molecular complexity index is 863. The average Bonchev–Trinajstić information content (AvgIpc) is 2.95. The predicted molar refractivity (Wildman–Crippen MR) is 93.9 cm³/mol. The lowest BCUT2D eigenvalue weighted by atomic mass is 10.2. The van der Waals surface area contributed by atoms with Gasteiger partial charge < -0.3 is 9.84 Å². The maximum absolute atomic E-state index is 12.2. The maximum Gasteiger partial charge on any atom is 0.264 e. The summed E-state index contributed by atoms with van der Waals surface area (Å²) in [5.74, 6) is 0.379. The van der Waals surface area contributed by atoms with E-state index >= 15 is 0 Å². The molecule has 8 nitrogen and oxygen atoms in total. The van der Waals surface area contributed by atoms with E-state index in [1.165, 1.54) is 4.57 Å². The Morgan fingerprint density at radius 2 is 2.25 bits per heavy atom. The van der Waals surface area contributed by atoms with E-state index in [1.807, 2.05) is 13.8 Å². The topological polar surface area (TPSA) is 97.4 Å². The van der Waals surface area contributed by atoms with Crippen LogP contribution >= 0.6 is 12.2 Å². The summed E-state index contributed by atoms with van der Waals surface area (Å²) in [6.07, 6.45) is 1.64. The van der Waals surface area contributed by atoms with Gasteiger partial charge in [0.1, 0.15) is 5.56 Å². The van der Waals surface area contributed by atoms with Gasteiger partial charge in [-0.2, -0.15) is 5.10 Å². The Hall–Kier alpha value is -2.26. The second-order valence-corrected chi connectivity index (χ2v) is 5.91. The van der Waals surface area contributed by atoms with Crippen molar-refractivity contribution in [3.63, 3.8) is 0 Å². The van der Waals surface area contributed by atoms with Crippen LogP contribution in [-0.2, 0) is 11.3 Å². The minimum absolute atomic E-state index is 0.0798. The summed E-state index contributed by atoms with van der Waals surface area (Å²) in [5.41, 5.74) is -0.0310. The zero-order valence-corrected chi connectivity index (χ0v) is 14.9. The van der Waals surface area contributed by atoms with Crippen molar-refractivity contribution in [3.05, 3.63) is 33.0 Å². The lowest BCUT2D eigenvalue weighted by Gasteiger charge is -2.13. The summed E-state index contributed by atoms with van der Waals surface area (Å²) in [4.78, 5) is 19.2. The Labute approximate surface area is 144 Å². The molecule has 0 saturated carbocycles. The first-order valence-electron chi connectivity index (χ1n) is 7.51. The van der Waals surface area contributed by atoms with Crippen molar-refractivity contribution < 1.29 is 9.84 Å². The quantitative estimate of drug-likeness (QED) is 0.614. The number of H-pyrrole nitrogens is 1. The number of methoxy groups -OCH3 is 1. The minimum atomic E-state index is -0.483. The number of aromatic hydroxyl groups is 1. The zero-order chi connectivity index (χ0) is 17.9. The number of nitrogens with zero attached hydrogens (tertiary/aromatic N) is 4. The number of aromatic nitrogens is 4. The highest BCUT2D eigenvalue weighted by atomic mass is 32.1. The van der Waals surface area contributed by atoms with E-state index in [-0.39, 0.29) is 22.3 Å². The molecule has 0 spiro atoms. The molecule has 2 aromatic rings. The number of hydrogen-bond donors (Lipinski definition) is 2. The first-order valence-corrected chi connectivity index (χ1v) is 7.91. The molecule has 0 aromatic carbocycles. The second kappa shape index (κ2) is 7.54. The molecule has 0 unspecified atom stereocenters. The van der Waals surface area contributed by atoms with Crippen molar-refractivity contribution in [2.75, 3.05) is 13.7 Å². The predicted octanol–water partition coefficient (Wildman–Crippen LogP) is 2.18. The van der Waals surface area contributed by atoms with E-state index < -0.39 is 5.56 Å². The molecule has 0 radical (unpaired) electrons. The number of rotatable bonds is 6. The summed E-state index contributed by atoms with van der Waals surface area (Å²) in [5, 5.41) is 14.7. The molecule has 2 aromatic heterocycles. The Kier molecular flexibility index (Phi) is 5.68. The monoisotopic (exact) mass is 351 g/mol. The fourth-order valence-electron chi connectivity index (χ4n) is 2.30. The standard InChI is InChI=1S/C15H21N5O3S/c1-9(2)20-11(5-6-16-20)17-10(3)12-13(21)18-15(24)19(14(12)22)7-8-23-4/h5-6,9,22H,7-8H2,1-4H3,(H,18,21,24)/b17-10+. The second-order valence-electron chi connectivity index (χ2n) is 5.53. The third-order valence-electron chi connectivity index (χ3n) is 3.47. The molecule has 0 aliphatic heterocycles. The lowest BCUT2D eigenvalue weighted by molar-refractivity contribution is 0.182. The fraction of sp³-hybridized carbons (Fsp3) is 0.467. The van der Waals surface area contributed by atoms with Gasteiger partial charge in [0.2, 0.25) is 5.88 Å². The van der Waals surface area contributed by atoms with Gasteiger partial charge in [0.15, 0.2) is 10.6 Å². The van der Waals surface area contributed by atoms with Gasteiger partial charge in [0, 0.05) is 19.2 Å². The van der Waals surface area contributed by atoms with E-state index in [4.69, 9.17) is 17.0 Å². The van der Waals surface area contributed by atoms with Crippen molar-refractivity contribution >= 4 is 23.7 Å². The summed E-state index contributed by atoms with van der Waals surface area (Å²) in [6, 6.07) is 1.87. The third-order valence-corrected chi connectivity index (χ3v) is 3.80. The molecule has 0 bridgehead atoms. The molecule has 9 heteroatoms. The fourth-order valence-corrected chi connectivity index (χ4v) is 2.57. The van der Waals surface area contributed by atoms with Crippen molar-refractivity contribution in [1.82, 2.24) is 19.3 Å². The van der Waals surface area contributed by atoms with Crippen molar-refractivity contribution in [2.24, 2.45) is 4.99 Å². The molecular weight excluding hydrogens is 330 g/mol. The Morgan fingerprint density at radius 3 is 2.88 bits per heavy atom. The van der Waals surface area contributed by atoms with Gasteiger partial charge >= 0.3 is 0 Å². The molecule has 24 heavy (non-hydrogen) atoms. The first kappa shape index (κ1) is 18.1. The molecule has 130 valence electrons. The van der Waals surface area contributed by atoms with Gasteiger partial charge in [-0.3, -0.25) is 14.3 Å². The highest BCUT2D eigenvalue weighted by Crippen LogP contribution is 2.20. The summed E-state index contributed by atoms with van der Waals surface area (Å²) in [7, 11) is 1.55. The van der Waals surface area contributed by atoms with E-state index in [2.05, 4.69) is 15.1 Å². The van der Waals surface area contributed by atoms with Crippen LogP contribution in [0.1, 0.15) is 32.4 Å². The molecule has 0 saturated heterocycles. The minimum Gasteiger partial charge on any atom is -0.494 e. The molecule has 0 atom stereocenters. The van der Waals surface area contributed by atoms with Gasteiger partial charge in [0.05, 0.1) is 25.1 Å². The molecule has 0 aliphatic rings. The zero-order valence-electron chi connectivity index (χ0n) is 14.1. The van der Waals surface area contributed by atoms with Crippen LogP contribution in [0.2, 0.25) is 0 Å². The smallest absolute Gasteiger partial charge is 0.264 e. The number of nitrogens with one attached hydrogen (secondary N) is 1. The molecule has 2 N–H and O–H groups in total. The first-order chi connectivity index (χ1) is 11.4. The van der Waals surface area contributed by atoms with Crippen LogP contribution in [0.15, 0.2) is 22.1 Å². The number of aliphatic imine (C=N–C) groups is 1. The Balaban J connectivity index is 2.55. The Morgan fingerprint density at radius 1 is 1.54 bits per heavy atom. The van der Waals surface area contributed by atoms with Crippen LogP contribution in [0.3, 0.4) is 0 Å². The van der Waals surface area contributed by atoms with E-state index in [0.717, 1.165) is 0 Å². The maximum atomic E-state index is 12.2. The van der Waals surface area contributed by atoms with Crippen LogP contribution in [0.25, 0.3) is 0 Å². The highest BCUT2D eigenvalue weighted by molar-refractivity contribution is 7.71.